The number of aliphatic imine (C=N–C) groups is 1. The Balaban J connectivity index is 2.21. The lowest BCUT2D eigenvalue weighted by molar-refractivity contribution is 0.174. The minimum atomic E-state index is -0.0825. The normalized spacial score (nSPS) is 29.8. The monoisotopic (exact) mass is 336 g/mol. The van der Waals surface area contributed by atoms with Crippen LogP contribution in [0.25, 0.3) is 10.9 Å². The number of benzene rings is 1. The number of para-hydroxylation sites is 1. The van der Waals surface area contributed by atoms with Crippen LogP contribution >= 0.6 is 12.2 Å². The molecule has 1 aliphatic rings. The molecule has 1 aromatic heterocycles. The zero-order chi connectivity index (χ0) is 17.3. The summed E-state index contributed by atoms with van der Waals surface area (Å²) < 4.78 is 0. The van der Waals surface area contributed by atoms with Crippen molar-refractivity contribution in [2.75, 3.05) is 0 Å². The van der Waals surface area contributed by atoms with Gasteiger partial charge in [-0.05, 0) is 49.5 Å². The lowest BCUT2D eigenvalue weighted by Crippen LogP contribution is -2.42. The first-order valence-electron chi connectivity index (χ1n) is 8.44. The fraction of sp³-hybridized carbons (Fsp3) is 0.381. The number of fused-ring (bicyclic) bond motifs is 1. The predicted octanol–water partition coefficient (Wildman–Crippen LogP) is 5.90. The van der Waals surface area contributed by atoms with E-state index in [1.165, 1.54) is 16.5 Å². The number of nitrogens with one attached hydrogen (secondary N) is 1. The van der Waals surface area contributed by atoms with E-state index in [9.17, 15) is 0 Å². The maximum atomic E-state index is 4.98. The Morgan fingerprint density at radius 2 is 2.21 bits per heavy atom. The number of nitrogens with zero attached hydrogens (tertiary/aromatic N) is 1. The summed E-state index contributed by atoms with van der Waals surface area (Å²) in [5.41, 5.74) is 3.58. The van der Waals surface area contributed by atoms with Crippen molar-refractivity contribution in [2.45, 2.75) is 38.6 Å². The van der Waals surface area contributed by atoms with E-state index in [1.807, 2.05) is 6.08 Å². The van der Waals surface area contributed by atoms with Crippen molar-refractivity contribution < 1.29 is 0 Å². The molecule has 0 saturated heterocycles. The van der Waals surface area contributed by atoms with E-state index < -0.39 is 0 Å². The van der Waals surface area contributed by atoms with Crippen LogP contribution in [-0.4, -0.2) is 16.2 Å². The molecule has 2 nitrogen and oxygen atoms in total. The molecule has 0 unspecified atom stereocenters. The third-order valence-corrected chi connectivity index (χ3v) is 5.82. The largest absolute Gasteiger partial charge is 0.361 e. The molecule has 0 aliphatic heterocycles. The minimum absolute atomic E-state index is 0.0298. The number of aromatic nitrogens is 1. The molecular formula is C21H24N2S. The molecule has 1 aliphatic carbocycles. The van der Waals surface area contributed by atoms with Crippen LogP contribution in [0, 0.1) is 11.3 Å². The summed E-state index contributed by atoms with van der Waals surface area (Å²) in [7, 11) is 0. The second-order valence-corrected chi connectivity index (χ2v) is 7.36. The quantitative estimate of drug-likeness (QED) is 0.420. The molecule has 1 heterocycles. The van der Waals surface area contributed by atoms with E-state index in [-0.39, 0.29) is 17.4 Å². The van der Waals surface area contributed by atoms with Crippen LogP contribution in [0.1, 0.15) is 38.2 Å². The van der Waals surface area contributed by atoms with Crippen molar-refractivity contribution in [3.05, 3.63) is 60.8 Å². The van der Waals surface area contributed by atoms with Crippen molar-refractivity contribution in [1.29, 1.82) is 0 Å². The topological polar surface area (TPSA) is 28.1 Å². The van der Waals surface area contributed by atoms with E-state index in [0.717, 1.165) is 18.4 Å². The first kappa shape index (κ1) is 16.9. The Hall–Kier alpha value is -1.96. The molecule has 1 saturated carbocycles. The lowest BCUT2D eigenvalue weighted by atomic mass is 9.59. The van der Waals surface area contributed by atoms with Crippen LogP contribution in [-0.2, 0) is 0 Å². The second kappa shape index (κ2) is 6.51. The summed E-state index contributed by atoms with van der Waals surface area (Å²) in [6, 6.07) is 8.46. The van der Waals surface area contributed by atoms with Crippen LogP contribution in [0.5, 0.6) is 0 Å². The standard InChI is InChI=1S/C21H24N2S/c1-5-21(4)11-10-15(14(2)3)19(20(21)23-13-24)17-12-22-18-9-7-6-8-16(17)18/h5-9,12,15,19-20,22H,1-2,10-11H2,3-4H3/t15-,19+,20+,21+/m0/s1. The van der Waals surface area contributed by atoms with Crippen LogP contribution in [0.4, 0.5) is 0 Å². The molecular weight excluding hydrogens is 312 g/mol. The van der Waals surface area contributed by atoms with Gasteiger partial charge < -0.3 is 4.98 Å². The smallest absolute Gasteiger partial charge is 0.0765 e. The van der Waals surface area contributed by atoms with E-state index in [1.54, 1.807) is 0 Å². The van der Waals surface area contributed by atoms with Gasteiger partial charge in [-0.25, -0.2) is 4.99 Å². The van der Waals surface area contributed by atoms with Crippen molar-refractivity contribution in [3.63, 3.8) is 0 Å². The Kier molecular flexibility index (Phi) is 4.58. The van der Waals surface area contributed by atoms with E-state index in [2.05, 4.69) is 72.6 Å². The first-order chi connectivity index (χ1) is 11.5. The van der Waals surface area contributed by atoms with E-state index in [4.69, 9.17) is 12.2 Å². The minimum Gasteiger partial charge on any atom is -0.361 e. The zero-order valence-corrected chi connectivity index (χ0v) is 15.2. The highest BCUT2D eigenvalue weighted by Crippen LogP contribution is 2.52. The van der Waals surface area contributed by atoms with Gasteiger partial charge in [0.1, 0.15) is 0 Å². The number of isothiocyanates is 1. The highest BCUT2D eigenvalue weighted by atomic mass is 32.1. The summed E-state index contributed by atoms with van der Waals surface area (Å²) in [5.74, 6) is 0.611. The highest BCUT2D eigenvalue weighted by molar-refractivity contribution is 7.78. The summed E-state index contributed by atoms with van der Waals surface area (Å²) in [6.45, 7) is 12.7. The summed E-state index contributed by atoms with van der Waals surface area (Å²) in [5, 5.41) is 3.90. The van der Waals surface area contributed by atoms with Gasteiger partial charge in [-0.15, -0.1) is 6.58 Å². The zero-order valence-electron chi connectivity index (χ0n) is 14.4. The summed E-state index contributed by atoms with van der Waals surface area (Å²) >= 11 is 4.98. The van der Waals surface area contributed by atoms with Gasteiger partial charge in [-0.3, -0.25) is 0 Å². The van der Waals surface area contributed by atoms with Gasteiger partial charge >= 0.3 is 0 Å². The van der Waals surface area contributed by atoms with Gasteiger partial charge in [0.05, 0.1) is 11.2 Å². The van der Waals surface area contributed by atoms with Crippen molar-refractivity contribution in [1.82, 2.24) is 4.98 Å². The van der Waals surface area contributed by atoms with E-state index >= 15 is 0 Å². The van der Waals surface area contributed by atoms with Gasteiger partial charge in [-0.1, -0.05) is 43.4 Å². The number of allylic oxidation sites excluding steroid dienone is 1. The predicted molar refractivity (Wildman–Crippen MR) is 106 cm³/mol. The molecule has 1 N–H and O–H groups in total. The van der Waals surface area contributed by atoms with Crippen molar-refractivity contribution in [3.8, 4) is 0 Å². The van der Waals surface area contributed by atoms with Gasteiger partial charge in [0.15, 0.2) is 0 Å². The Morgan fingerprint density at radius 3 is 2.88 bits per heavy atom. The third-order valence-electron chi connectivity index (χ3n) is 5.71. The van der Waals surface area contributed by atoms with Gasteiger partial charge in [0.25, 0.3) is 0 Å². The average molecular weight is 337 g/mol. The number of hydrogen-bond acceptors (Lipinski definition) is 2. The molecule has 0 bridgehead atoms. The SMILES string of the molecule is C=C[C@]1(C)CC[C@@H](C(=C)C)[C@H](c2c[nH]c3ccccc23)[C@H]1N=C=S. The molecule has 3 rings (SSSR count). The first-order valence-corrected chi connectivity index (χ1v) is 8.84. The molecule has 0 amide bonds. The summed E-state index contributed by atoms with van der Waals surface area (Å²) in [4.78, 5) is 8.03. The average Bonchev–Trinajstić information content (AvgIpc) is 3.00. The Morgan fingerprint density at radius 1 is 1.46 bits per heavy atom. The molecule has 0 spiro atoms. The maximum Gasteiger partial charge on any atom is 0.0765 e. The number of H-pyrrole nitrogens is 1. The molecule has 4 atom stereocenters. The number of hydrogen-bond donors (Lipinski definition) is 1. The van der Waals surface area contributed by atoms with Crippen molar-refractivity contribution >= 4 is 28.3 Å². The Bertz CT molecular complexity index is 827. The van der Waals surface area contributed by atoms with Gasteiger partial charge in [0, 0.05) is 28.4 Å². The van der Waals surface area contributed by atoms with Crippen LogP contribution in [0.3, 0.4) is 0 Å². The maximum absolute atomic E-state index is 4.98. The molecule has 124 valence electrons. The molecule has 0 radical (unpaired) electrons. The van der Waals surface area contributed by atoms with Crippen molar-refractivity contribution in [2.24, 2.45) is 16.3 Å². The molecule has 3 heteroatoms. The fourth-order valence-corrected chi connectivity index (χ4v) is 4.35. The second-order valence-electron chi connectivity index (χ2n) is 7.18. The highest BCUT2D eigenvalue weighted by Gasteiger charge is 2.46. The van der Waals surface area contributed by atoms with Crippen LogP contribution in [0.15, 0.2) is 60.3 Å². The Labute approximate surface area is 149 Å². The fourth-order valence-electron chi connectivity index (χ4n) is 4.24. The number of thiocarbonyl (C=S) groups is 1. The summed E-state index contributed by atoms with van der Waals surface area (Å²) in [6.07, 6.45) is 6.31. The van der Waals surface area contributed by atoms with E-state index in [0.29, 0.717) is 5.92 Å². The third kappa shape index (κ3) is 2.68. The molecule has 24 heavy (non-hydrogen) atoms. The van der Waals surface area contributed by atoms with Gasteiger partial charge in [-0.2, -0.15) is 0 Å². The number of rotatable bonds is 4. The molecule has 2 aromatic rings. The number of aromatic amines is 1. The lowest BCUT2D eigenvalue weighted by Gasteiger charge is -2.46. The molecule has 1 fully saturated rings. The van der Waals surface area contributed by atoms with Crippen LogP contribution in [0.2, 0.25) is 0 Å². The van der Waals surface area contributed by atoms with Gasteiger partial charge in [0.2, 0.25) is 0 Å². The van der Waals surface area contributed by atoms with Crippen LogP contribution < -0.4 is 0 Å². The molecule has 1 aromatic carbocycles.